The molecule has 6 heteroatoms. The summed E-state index contributed by atoms with van der Waals surface area (Å²) in [7, 11) is -3.12. The molecule has 0 aromatic heterocycles. The third-order valence-electron chi connectivity index (χ3n) is 3.11. The minimum Gasteiger partial charge on any atom is -0.351 e. The molecule has 0 spiro atoms. The lowest BCUT2D eigenvalue weighted by Gasteiger charge is -2.14. The quantitative estimate of drug-likeness (QED) is 0.849. The molecule has 1 amide bonds. The van der Waals surface area contributed by atoms with Gasteiger partial charge >= 0.3 is 0 Å². The van der Waals surface area contributed by atoms with Gasteiger partial charge in [0.25, 0.3) is 0 Å². The Balaban J connectivity index is 1.93. The molecule has 1 heterocycles. The second-order valence-corrected chi connectivity index (χ2v) is 7.64. The van der Waals surface area contributed by atoms with E-state index >= 15 is 0 Å². The maximum Gasteiger partial charge on any atom is 0.224 e. The number of amides is 1. The molecule has 1 aliphatic heterocycles. The summed E-state index contributed by atoms with van der Waals surface area (Å²) in [5.41, 5.74) is 2.03. The van der Waals surface area contributed by atoms with E-state index in [-0.39, 0.29) is 23.8 Å². The summed E-state index contributed by atoms with van der Waals surface area (Å²) in [4.78, 5) is 11.8. The molecule has 4 nitrogen and oxygen atoms in total. The molecule has 1 N–H and O–H groups in total. The number of carbonyl (C=O) groups is 1. The van der Waals surface area contributed by atoms with Crippen LogP contribution in [0.1, 0.15) is 11.1 Å². The van der Waals surface area contributed by atoms with Crippen molar-refractivity contribution in [1.29, 1.82) is 0 Å². The average Bonchev–Trinajstić information content (AvgIpc) is 2.55. The van der Waals surface area contributed by atoms with Gasteiger partial charge in [-0.25, -0.2) is 8.42 Å². The maximum atomic E-state index is 11.8. The molecule has 0 aliphatic carbocycles. The van der Waals surface area contributed by atoms with Crippen LogP contribution in [0.2, 0.25) is 0 Å². The Labute approximate surface area is 118 Å². The molecule has 19 heavy (non-hydrogen) atoms. The minimum absolute atomic E-state index is 0.0654. The molecule has 2 unspecified atom stereocenters. The highest BCUT2D eigenvalue weighted by atomic mass is 35.5. The summed E-state index contributed by atoms with van der Waals surface area (Å²) in [6, 6.07) is 7.17. The summed E-state index contributed by atoms with van der Waals surface area (Å²) < 4.78 is 22.8. The van der Waals surface area contributed by atoms with Gasteiger partial charge in [0.05, 0.1) is 29.3 Å². The van der Waals surface area contributed by atoms with Gasteiger partial charge in [-0.3, -0.25) is 4.79 Å². The van der Waals surface area contributed by atoms with E-state index in [2.05, 4.69) is 5.32 Å². The van der Waals surface area contributed by atoms with Crippen LogP contribution in [0.3, 0.4) is 0 Å². The molecular weight excluding hydrogens is 286 g/mol. The number of carbonyl (C=O) groups excluding carboxylic acids is 1. The number of hydrogen-bond donors (Lipinski definition) is 1. The summed E-state index contributed by atoms with van der Waals surface area (Å²) in [6.07, 6.45) is 0.237. The Hall–Kier alpha value is -1.07. The lowest BCUT2D eigenvalue weighted by molar-refractivity contribution is -0.120. The third kappa shape index (κ3) is 3.94. The van der Waals surface area contributed by atoms with Crippen molar-refractivity contribution in [3.05, 3.63) is 35.4 Å². The molecule has 2 atom stereocenters. The Bertz CT molecular complexity index is 568. The first-order valence-electron chi connectivity index (χ1n) is 6.05. The second-order valence-electron chi connectivity index (χ2n) is 4.93. The molecule has 104 valence electrons. The lowest BCUT2D eigenvalue weighted by Crippen LogP contribution is -2.41. The average molecular weight is 302 g/mol. The number of nitrogens with one attached hydrogen (secondary N) is 1. The van der Waals surface area contributed by atoms with Crippen molar-refractivity contribution in [2.24, 2.45) is 0 Å². The smallest absolute Gasteiger partial charge is 0.224 e. The van der Waals surface area contributed by atoms with Crippen LogP contribution in [0.15, 0.2) is 24.3 Å². The number of halogens is 1. The topological polar surface area (TPSA) is 63.2 Å². The van der Waals surface area contributed by atoms with Crippen LogP contribution in [0.5, 0.6) is 0 Å². The van der Waals surface area contributed by atoms with E-state index in [1.165, 1.54) is 0 Å². The van der Waals surface area contributed by atoms with Crippen LogP contribution in [-0.4, -0.2) is 37.2 Å². The fraction of sp³-hybridized carbons (Fsp3) is 0.462. The number of aryl methyl sites for hydroxylation is 1. The molecule has 1 aromatic carbocycles. The summed E-state index contributed by atoms with van der Waals surface area (Å²) in [5.74, 6) is -0.332. The van der Waals surface area contributed by atoms with Crippen molar-refractivity contribution in [2.75, 3.05) is 11.5 Å². The monoisotopic (exact) mass is 301 g/mol. The summed E-state index contributed by atoms with van der Waals surface area (Å²) in [5, 5.41) is 2.16. The van der Waals surface area contributed by atoms with Crippen molar-refractivity contribution in [3.8, 4) is 0 Å². The van der Waals surface area contributed by atoms with Crippen molar-refractivity contribution < 1.29 is 13.2 Å². The molecule has 1 saturated heterocycles. The predicted molar refractivity (Wildman–Crippen MR) is 75.1 cm³/mol. The standard InChI is InChI=1S/C13H16ClNO3S/c1-9-2-4-10(5-3-9)6-13(16)15-12-8-19(17,18)7-11(12)14/h2-5,11-12H,6-8H2,1H3,(H,15,16). The van der Waals surface area contributed by atoms with E-state index in [0.29, 0.717) is 0 Å². The Morgan fingerprint density at radius 3 is 2.47 bits per heavy atom. The molecule has 0 saturated carbocycles. The minimum atomic E-state index is -3.12. The zero-order chi connectivity index (χ0) is 14.0. The van der Waals surface area contributed by atoms with Gasteiger partial charge in [0.2, 0.25) is 5.91 Å². The molecular formula is C13H16ClNO3S. The highest BCUT2D eigenvalue weighted by Gasteiger charge is 2.37. The Morgan fingerprint density at radius 2 is 1.95 bits per heavy atom. The lowest BCUT2D eigenvalue weighted by atomic mass is 10.1. The van der Waals surface area contributed by atoms with E-state index in [0.717, 1.165) is 11.1 Å². The Kier molecular flexibility index (Phi) is 4.16. The van der Waals surface area contributed by atoms with Crippen molar-refractivity contribution in [3.63, 3.8) is 0 Å². The van der Waals surface area contributed by atoms with Crippen molar-refractivity contribution in [1.82, 2.24) is 5.32 Å². The van der Waals surface area contributed by atoms with Crippen molar-refractivity contribution >= 4 is 27.3 Å². The van der Waals surface area contributed by atoms with E-state index < -0.39 is 21.3 Å². The maximum absolute atomic E-state index is 11.8. The zero-order valence-corrected chi connectivity index (χ0v) is 12.2. The number of sulfone groups is 1. The molecule has 1 fully saturated rings. The molecule has 0 radical (unpaired) electrons. The van der Waals surface area contributed by atoms with Gasteiger partial charge in [0.15, 0.2) is 9.84 Å². The molecule has 2 rings (SSSR count). The Morgan fingerprint density at radius 1 is 1.32 bits per heavy atom. The normalized spacial score (nSPS) is 25.2. The van der Waals surface area contributed by atoms with Gasteiger partial charge in [0.1, 0.15) is 0 Å². The molecule has 1 aromatic rings. The van der Waals surface area contributed by atoms with E-state index in [9.17, 15) is 13.2 Å². The van der Waals surface area contributed by atoms with Gasteiger partial charge in [0, 0.05) is 0 Å². The van der Waals surface area contributed by atoms with Gasteiger partial charge < -0.3 is 5.32 Å². The third-order valence-corrected chi connectivity index (χ3v) is 5.49. The van der Waals surface area contributed by atoms with Crippen LogP contribution >= 0.6 is 11.6 Å². The van der Waals surface area contributed by atoms with Crippen LogP contribution < -0.4 is 5.32 Å². The predicted octanol–water partition coefficient (Wildman–Crippen LogP) is 1.06. The fourth-order valence-electron chi connectivity index (χ4n) is 2.09. The first kappa shape index (κ1) is 14.3. The fourth-order valence-corrected chi connectivity index (χ4v) is 4.64. The van der Waals surface area contributed by atoms with Crippen molar-refractivity contribution in [2.45, 2.75) is 24.8 Å². The number of rotatable bonds is 3. The number of hydrogen-bond acceptors (Lipinski definition) is 3. The SMILES string of the molecule is Cc1ccc(CC(=O)NC2CS(=O)(=O)CC2Cl)cc1. The highest BCUT2D eigenvalue weighted by molar-refractivity contribution is 7.91. The van der Waals surface area contributed by atoms with E-state index in [1.54, 1.807) is 0 Å². The summed E-state index contributed by atoms with van der Waals surface area (Å²) in [6.45, 7) is 1.98. The zero-order valence-electron chi connectivity index (χ0n) is 10.6. The first-order valence-corrected chi connectivity index (χ1v) is 8.31. The largest absolute Gasteiger partial charge is 0.351 e. The van der Waals surface area contributed by atoms with Crippen LogP contribution in [0, 0.1) is 6.92 Å². The van der Waals surface area contributed by atoms with Gasteiger partial charge in [-0.2, -0.15) is 0 Å². The second kappa shape index (κ2) is 5.51. The van der Waals surface area contributed by atoms with Gasteiger partial charge in [-0.1, -0.05) is 29.8 Å². The van der Waals surface area contributed by atoms with Gasteiger partial charge in [-0.15, -0.1) is 11.6 Å². The van der Waals surface area contributed by atoms with Crippen LogP contribution in [0.4, 0.5) is 0 Å². The first-order chi connectivity index (χ1) is 8.85. The highest BCUT2D eigenvalue weighted by Crippen LogP contribution is 2.18. The number of alkyl halides is 1. The number of benzene rings is 1. The molecule has 0 bridgehead atoms. The summed E-state index contributed by atoms with van der Waals surface area (Å²) >= 11 is 5.94. The van der Waals surface area contributed by atoms with E-state index in [1.807, 2.05) is 31.2 Å². The van der Waals surface area contributed by atoms with Gasteiger partial charge in [-0.05, 0) is 12.5 Å². The van der Waals surface area contributed by atoms with E-state index in [4.69, 9.17) is 11.6 Å². The van der Waals surface area contributed by atoms with Crippen LogP contribution in [0.25, 0.3) is 0 Å². The molecule has 1 aliphatic rings. The van der Waals surface area contributed by atoms with Crippen LogP contribution in [-0.2, 0) is 21.1 Å².